The average Bonchev–Trinajstić information content (AvgIpc) is 1.31. The van der Waals surface area contributed by atoms with Gasteiger partial charge in [-0.3, -0.25) is 28.8 Å². The molecule has 21 rings (SSSR count). The van der Waals surface area contributed by atoms with Gasteiger partial charge in [-0.05, 0) is 71.1 Å². The minimum atomic E-state index is -0.504. The summed E-state index contributed by atoms with van der Waals surface area (Å²) in [6.07, 6.45) is 12.3. The minimum Gasteiger partial charge on any atom is -0.458 e. The van der Waals surface area contributed by atoms with Gasteiger partial charge < -0.3 is 61.6 Å². The van der Waals surface area contributed by atoms with Crippen molar-refractivity contribution in [2.75, 3.05) is 0 Å². The van der Waals surface area contributed by atoms with Crippen molar-refractivity contribution in [2.45, 2.75) is 166 Å². The highest BCUT2D eigenvalue weighted by Gasteiger charge is 3.32. The summed E-state index contributed by atoms with van der Waals surface area (Å²) in [6, 6.07) is 0. The SMILES string of the molecule is C=CC(=O)OC12C3CC4C(=O)OC15C4C325.C=CC(=O)OC1C2CC3C(=O)OC1C3C2.C=CC(=O)OC1C2CC3C(=O)OC1C3O2.C=CC(=O)OC1C2CC3C(=O)OC1C3S2.C=CC(=O)OC1C2CC3C1OC(=O)C3(C)C2.C=CC(=O)OC1C2CCC3C(C2)C(=O)OC31. The Hall–Kier alpha value is -7.61. The van der Waals surface area contributed by atoms with E-state index in [0.29, 0.717) is 24.2 Å². The van der Waals surface area contributed by atoms with Crippen molar-refractivity contribution in [1.82, 2.24) is 0 Å². The maximum atomic E-state index is 11.7. The summed E-state index contributed by atoms with van der Waals surface area (Å²) in [5.74, 6) is -0.840. The van der Waals surface area contributed by atoms with Gasteiger partial charge in [-0.25, -0.2) is 28.8 Å². The van der Waals surface area contributed by atoms with Crippen LogP contribution in [0.25, 0.3) is 0 Å². The van der Waals surface area contributed by atoms with Crippen LogP contribution in [0.2, 0.25) is 0 Å². The van der Waals surface area contributed by atoms with E-state index < -0.39 is 53.6 Å². The van der Waals surface area contributed by atoms with E-state index in [4.69, 9.17) is 61.6 Å². The van der Waals surface area contributed by atoms with Crippen molar-refractivity contribution < 1.29 is 119 Å². The normalized spacial score (nSPS) is 49.2. The molecule has 11 saturated carbocycles. The molecule has 92 heavy (non-hydrogen) atoms. The summed E-state index contributed by atoms with van der Waals surface area (Å²) in [7, 11) is 0. The van der Waals surface area contributed by atoms with Crippen molar-refractivity contribution >= 4 is 83.4 Å². The Labute approximate surface area is 530 Å². The van der Waals surface area contributed by atoms with Gasteiger partial charge in [-0.1, -0.05) is 39.5 Å². The highest BCUT2D eigenvalue weighted by atomic mass is 32.2. The predicted octanol–water partition coefficient (Wildman–Crippen LogP) is 3.12. The molecule has 0 aromatic rings. The number of thioether (sulfide) groups is 1. The second kappa shape index (κ2) is 21.2. The van der Waals surface area contributed by atoms with Crippen LogP contribution >= 0.6 is 11.8 Å². The first-order valence-electron chi connectivity index (χ1n) is 31.6. The number of hydrogen-bond donors (Lipinski definition) is 0. The van der Waals surface area contributed by atoms with E-state index in [-0.39, 0.29) is 183 Å². The van der Waals surface area contributed by atoms with E-state index in [0.717, 1.165) is 88.2 Å². The molecule has 488 valence electrons. The highest BCUT2D eigenvalue weighted by molar-refractivity contribution is 8.01. The molecule has 31 atom stereocenters. The van der Waals surface area contributed by atoms with Crippen LogP contribution in [0.1, 0.15) is 71.1 Å². The summed E-state index contributed by atoms with van der Waals surface area (Å²) >= 11 is 1.72. The molecular weight excluding hydrogens is 1220 g/mol. The lowest BCUT2D eigenvalue weighted by Crippen LogP contribution is -2.50. The molecule has 0 N–H and O–H groups in total. The number of carbonyl (C=O) groups excluding carboxylic acids is 12. The van der Waals surface area contributed by atoms with Crippen molar-refractivity contribution in [2.24, 2.45) is 87.8 Å². The van der Waals surface area contributed by atoms with Gasteiger partial charge in [0.25, 0.3) is 0 Å². The fourth-order valence-electron chi connectivity index (χ4n) is 20.5. The predicted molar refractivity (Wildman–Crippen MR) is 304 cm³/mol. The van der Waals surface area contributed by atoms with E-state index in [1.54, 1.807) is 11.8 Å². The van der Waals surface area contributed by atoms with Gasteiger partial charge in [0.15, 0.2) is 35.6 Å². The highest BCUT2D eigenvalue weighted by Crippen LogP contribution is 3.16. The zero-order chi connectivity index (χ0) is 64.7. The van der Waals surface area contributed by atoms with Crippen LogP contribution in [-0.4, -0.2) is 167 Å². The first kappa shape index (κ1) is 60.6. The maximum Gasteiger partial charge on any atom is 0.330 e. The average molecular weight is 1290 g/mol. The molecule has 26 heteroatoms. The van der Waals surface area contributed by atoms with Crippen LogP contribution in [0.5, 0.6) is 0 Å². The summed E-state index contributed by atoms with van der Waals surface area (Å²) in [5, 5.41) is 0.422. The Morgan fingerprint density at radius 3 is 1.65 bits per heavy atom. The number of ether oxygens (including phenoxy) is 13. The zero-order valence-corrected chi connectivity index (χ0v) is 50.8. The van der Waals surface area contributed by atoms with E-state index in [1.165, 1.54) is 6.08 Å². The van der Waals surface area contributed by atoms with E-state index in [2.05, 4.69) is 39.5 Å². The first-order chi connectivity index (χ1) is 44.1. The minimum absolute atomic E-state index is 0.0312. The van der Waals surface area contributed by atoms with Crippen molar-refractivity contribution in [3.05, 3.63) is 75.9 Å². The molecule has 10 heterocycles. The standard InChI is InChI=1S/2C12H14O4.C11H8O4.C11H12O4.C10H10O5.C10H10O4S/c1-3-8(13)15-9-6-4-7-10(9)16-11(14)12(7,2)5-6;1-2-9(13)15-10-6-3-4-7-8(5-6)12(14)16-11(7)10;1-2-6(12)14-10-5-3-4-7-9(5,10)11(7,10)15-8(4)13;1-2-8(12)14-9-5-3-6-7(4-5)11(13)15-10(6)9;1-2-6(11)14-8-5-3-4-7(13-5)9(8)15-10(4)12;1-2-6(11)13-7-5-3-4-9(15-5)8(7)14-10(4)12/h3,6-7,9-10H,1,4-5H2,2H3;2,6-8,10-11H,1,3-5H2;2,4-5,7H,1,3H2;2,5-7,9-10H,1,3-4H2;2*2,4-5,7-9H,1,3H2. The van der Waals surface area contributed by atoms with E-state index in [9.17, 15) is 57.5 Å². The Balaban J connectivity index is 0.0000000916. The lowest BCUT2D eigenvalue weighted by molar-refractivity contribution is -0.167. The van der Waals surface area contributed by atoms with Crippen LogP contribution in [0.3, 0.4) is 0 Å². The number of esters is 12. The lowest BCUT2D eigenvalue weighted by atomic mass is 9.63. The third-order valence-corrected chi connectivity index (χ3v) is 25.9. The second-order valence-electron chi connectivity index (χ2n) is 27.8. The van der Waals surface area contributed by atoms with Crippen molar-refractivity contribution in [1.29, 1.82) is 0 Å². The monoisotopic (exact) mass is 1290 g/mol. The molecule has 2 spiro atoms. The Morgan fingerprint density at radius 1 is 0.478 bits per heavy atom. The maximum absolute atomic E-state index is 11.7. The summed E-state index contributed by atoms with van der Waals surface area (Å²) in [5.41, 5.74) is -1.01. The molecule has 0 amide bonds. The smallest absolute Gasteiger partial charge is 0.330 e. The second-order valence-corrected chi connectivity index (χ2v) is 29.2. The summed E-state index contributed by atoms with van der Waals surface area (Å²) in [4.78, 5) is 136. The van der Waals surface area contributed by atoms with E-state index >= 15 is 0 Å². The first-order valence-corrected chi connectivity index (χ1v) is 32.6. The molecule has 31 unspecified atom stereocenters. The van der Waals surface area contributed by atoms with Gasteiger partial charge in [-0.2, -0.15) is 0 Å². The lowest BCUT2D eigenvalue weighted by Gasteiger charge is -2.43. The van der Waals surface area contributed by atoms with Crippen molar-refractivity contribution in [3.63, 3.8) is 0 Å². The van der Waals surface area contributed by atoms with E-state index in [1.807, 2.05) is 6.92 Å². The largest absolute Gasteiger partial charge is 0.458 e. The third-order valence-electron chi connectivity index (χ3n) is 24.1. The Kier molecular flexibility index (Phi) is 14.0. The molecule has 25 nitrogen and oxygen atoms in total. The molecule has 0 aromatic heterocycles. The van der Waals surface area contributed by atoms with Gasteiger partial charge in [-0.15, -0.1) is 11.8 Å². The molecule has 21 aliphatic rings. The van der Waals surface area contributed by atoms with Gasteiger partial charge >= 0.3 is 71.6 Å². The molecule has 10 saturated heterocycles. The molecular formula is C66H68O25S. The molecule has 0 radical (unpaired) electrons. The number of hydrogen-bond acceptors (Lipinski definition) is 26. The summed E-state index contributed by atoms with van der Waals surface area (Å²) in [6.45, 7) is 22.1. The Bertz CT molecular complexity index is 3250. The van der Waals surface area contributed by atoms with Gasteiger partial charge in [0.1, 0.15) is 42.7 Å². The Morgan fingerprint density at radius 2 is 1.01 bits per heavy atom. The van der Waals surface area contributed by atoms with Crippen LogP contribution in [0.15, 0.2) is 75.9 Å². The van der Waals surface area contributed by atoms with Crippen LogP contribution in [-0.2, 0) is 119 Å². The van der Waals surface area contributed by atoms with Gasteiger partial charge in [0.2, 0.25) is 0 Å². The quantitative estimate of drug-likeness (QED) is 0.154. The molecule has 21 fully saturated rings. The molecule has 0 aromatic carbocycles. The number of fused-ring (bicyclic) bond motifs is 6. The number of rotatable bonds is 12. The summed E-state index contributed by atoms with van der Waals surface area (Å²) < 4.78 is 68.8. The number of carbonyl (C=O) groups is 12. The van der Waals surface area contributed by atoms with Crippen LogP contribution in [0, 0.1) is 87.8 Å². The fourth-order valence-corrected chi connectivity index (χ4v) is 22.4. The van der Waals surface area contributed by atoms with Gasteiger partial charge in [0, 0.05) is 89.0 Å². The van der Waals surface area contributed by atoms with Gasteiger partial charge in [0.05, 0.1) is 51.8 Å². The van der Waals surface area contributed by atoms with Crippen LogP contribution in [0.4, 0.5) is 0 Å². The van der Waals surface area contributed by atoms with Crippen LogP contribution < -0.4 is 0 Å². The molecule has 11 aliphatic carbocycles. The molecule has 10 aliphatic heterocycles. The molecule has 12 bridgehead atoms. The van der Waals surface area contributed by atoms with Crippen molar-refractivity contribution in [3.8, 4) is 0 Å². The zero-order valence-electron chi connectivity index (χ0n) is 50.0. The topological polar surface area (TPSA) is 325 Å². The fraction of sp³-hybridized carbons (Fsp3) is 0.636. The third kappa shape index (κ3) is 8.24.